The molecule has 0 unspecified atom stereocenters. The van der Waals surface area contributed by atoms with Crippen molar-refractivity contribution >= 4 is 29.2 Å². The standard InChI is InChI=1S/C32H35F3N4O4/c1-43-26-18-16-22(17-19-26)30(31(42)37-24-10-3-2-4-11-24)39(25-12-7-9-23(21-25)32(33,34)35)29(41)15-8-14-28(40)38-27-13-5-6-20-36-27/h5-7,9,12-13,16-21,24,30H,2-4,8,10-11,14-15H2,1H3,(H,37,42)(H,36,38,40)/t30-/m0/s1. The number of aromatic nitrogens is 1. The summed E-state index contributed by atoms with van der Waals surface area (Å²) >= 11 is 0. The van der Waals surface area contributed by atoms with E-state index in [0.29, 0.717) is 17.1 Å². The van der Waals surface area contributed by atoms with Gasteiger partial charge in [-0.2, -0.15) is 13.2 Å². The maximum atomic E-state index is 13.9. The molecule has 11 heteroatoms. The largest absolute Gasteiger partial charge is 0.497 e. The van der Waals surface area contributed by atoms with Crippen molar-refractivity contribution in [3.63, 3.8) is 0 Å². The van der Waals surface area contributed by atoms with Crippen LogP contribution in [0.1, 0.15) is 68.5 Å². The van der Waals surface area contributed by atoms with Gasteiger partial charge in [-0.15, -0.1) is 0 Å². The highest BCUT2D eigenvalue weighted by atomic mass is 19.4. The first-order valence-electron chi connectivity index (χ1n) is 14.3. The quantitative estimate of drug-likeness (QED) is 0.265. The lowest BCUT2D eigenvalue weighted by Crippen LogP contribution is -2.47. The Labute approximate surface area is 248 Å². The molecular weight excluding hydrogens is 561 g/mol. The molecule has 0 aliphatic heterocycles. The summed E-state index contributed by atoms with van der Waals surface area (Å²) in [7, 11) is 1.49. The zero-order chi connectivity index (χ0) is 30.8. The van der Waals surface area contributed by atoms with E-state index in [0.717, 1.165) is 49.1 Å². The number of hydrogen-bond donors (Lipinski definition) is 2. The summed E-state index contributed by atoms with van der Waals surface area (Å²) in [6, 6.07) is 14.6. The number of anilines is 2. The Morgan fingerprint density at radius 1 is 0.977 bits per heavy atom. The summed E-state index contributed by atoms with van der Waals surface area (Å²) in [5.41, 5.74) is -0.608. The fourth-order valence-electron chi connectivity index (χ4n) is 5.16. The van der Waals surface area contributed by atoms with Crippen LogP contribution in [0.5, 0.6) is 5.75 Å². The minimum atomic E-state index is -4.66. The lowest BCUT2D eigenvalue weighted by atomic mass is 9.94. The van der Waals surface area contributed by atoms with Gasteiger partial charge in [0.25, 0.3) is 0 Å². The molecule has 0 saturated heterocycles. The lowest BCUT2D eigenvalue weighted by molar-refractivity contribution is -0.137. The molecule has 0 spiro atoms. The Kier molecular flexibility index (Phi) is 10.7. The van der Waals surface area contributed by atoms with Crippen LogP contribution in [0.4, 0.5) is 24.7 Å². The molecule has 2 N–H and O–H groups in total. The van der Waals surface area contributed by atoms with Crippen LogP contribution in [-0.2, 0) is 20.6 Å². The predicted octanol–water partition coefficient (Wildman–Crippen LogP) is 6.44. The van der Waals surface area contributed by atoms with E-state index in [4.69, 9.17) is 4.74 Å². The number of carbonyl (C=O) groups excluding carboxylic acids is 3. The van der Waals surface area contributed by atoms with E-state index >= 15 is 0 Å². The van der Waals surface area contributed by atoms with Gasteiger partial charge in [-0.05, 0) is 67.3 Å². The maximum absolute atomic E-state index is 13.9. The Balaban J connectivity index is 1.65. The molecule has 0 radical (unpaired) electrons. The van der Waals surface area contributed by atoms with Gasteiger partial charge in [0, 0.05) is 30.8 Å². The molecule has 1 heterocycles. The van der Waals surface area contributed by atoms with Gasteiger partial charge in [-0.3, -0.25) is 19.3 Å². The summed E-state index contributed by atoms with van der Waals surface area (Å²) in [6.45, 7) is 0. The Morgan fingerprint density at radius 2 is 1.72 bits per heavy atom. The number of nitrogens with zero attached hydrogens (tertiary/aromatic N) is 2. The normalized spacial score (nSPS) is 14.4. The minimum Gasteiger partial charge on any atom is -0.497 e. The maximum Gasteiger partial charge on any atom is 0.416 e. The van der Waals surface area contributed by atoms with Crippen molar-refractivity contribution in [2.75, 3.05) is 17.3 Å². The zero-order valence-corrected chi connectivity index (χ0v) is 23.9. The van der Waals surface area contributed by atoms with E-state index in [9.17, 15) is 27.6 Å². The van der Waals surface area contributed by atoms with Crippen molar-refractivity contribution < 1.29 is 32.3 Å². The number of benzene rings is 2. The molecule has 2 aromatic carbocycles. The van der Waals surface area contributed by atoms with Gasteiger partial charge in [0.2, 0.25) is 17.7 Å². The summed E-state index contributed by atoms with van der Waals surface area (Å²) in [4.78, 5) is 45.4. The van der Waals surface area contributed by atoms with Crippen molar-refractivity contribution in [3.8, 4) is 5.75 Å². The lowest BCUT2D eigenvalue weighted by Gasteiger charge is -2.34. The summed E-state index contributed by atoms with van der Waals surface area (Å²) in [6.07, 6.45) is 1.30. The topological polar surface area (TPSA) is 101 Å². The highest BCUT2D eigenvalue weighted by Crippen LogP contribution is 2.36. The fraction of sp³-hybridized carbons (Fsp3) is 0.375. The number of ether oxygens (including phenoxy) is 1. The highest BCUT2D eigenvalue weighted by Gasteiger charge is 2.36. The second kappa shape index (κ2) is 14.7. The molecule has 1 aliphatic carbocycles. The Bertz CT molecular complexity index is 1380. The Morgan fingerprint density at radius 3 is 2.37 bits per heavy atom. The number of nitrogens with one attached hydrogen (secondary N) is 2. The number of halogens is 3. The van der Waals surface area contributed by atoms with Crippen LogP contribution in [0.25, 0.3) is 0 Å². The van der Waals surface area contributed by atoms with Crippen LogP contribution < -0.4 is 20.3 Å². The number of pyridine rings is 1. The molecule has 1 fully saturated rings. The van der Waals surface area contributed by atoms with Crippen LogP contribution in [0.3, 0.4) is 0 Å². The minimum absolute atomic E-state index is 0.0276. The number of methoxy groups -OCH3 is 1. The van der Waals surface area contributed by atoms with Gasteiger partial charge >= 0.3 is 6.18 Å². The summed E-state index contributed by atoms with van der Waals surface area (Å²) in [5.74, 6) is -0.561. The fourth-order valence-corrected chi connectivity index (χ4v) is 5.16. The van der Waals surface area contributed by atoms with Crippen molar-refractivity contribution in [2.24, 2.45) is 0 Å². The molecule has 0 bridgehead atoms. The molecule has 1 aliphatic rings. The predicted molar refractivity (Wildman–Crippen MR) is 156 cm³/mol. The molecule has 43 heavy (non-hydrogen) atoms. The highest BCUT2D eigenvalue weighted by molar-refractivity contribution is 6.01. The first kappa shape index (κ1) is 31.5. The van der Waals surface area contributed by atoms with Crippen LogP contribution in [0.2, 0.25) is 0 Å². The van der Waals surface area contributed by atoms with Gasteiger partial charge in [-0.1, -0.05) is 43.5 Å². The Hall–Kier alpha value is -4.41. The van der Waals surface area contributed by atoms with Crippen LogP contribution in [-0.4, -0.2) is 35.9 Å². The molecule has 228 valence electrons. The molecule has 3 aromatic rings. The van der Waals surface area contributed by atoms with E-state index in [1.165, 1.54) is 25.4 Å². The van der Waals surface area contributed by atoms with Crippen LogP contribution in [0.15, 0.2) is 72.9 Å². The molecule has 3 amide bonds. The van der Waals surface area contributed by atoms with E-state index in [1.54, 1.807) is 42.5 Å². The van der Waals surface area contributed by atoms with Gasteiger partial charge in [0.1, 0.15) is 17.6 Å². The van der Waals surface area contributed by atoms with Crippen molar-refractivity contribution in [2.45, 2.75) is 69.6 Å². The number of amides is 3. The number of alkyl halides is 3. The first-order valence-corrected chi connectivity index (χ1v) is 14.3. The third-order valence-corrected chi connectivity index (χ3v) is 7.34. The van der Waals surface area contributed by atoms with E-state index in [2.05, 4.69) is 15.6 Å². The molecular formula is C32H35F3N4O4. The van der Waals surface area contributed by atoms with Crippen LogP contribution >= 0.6 is 0 Å². The van der Waals surface area contributed by atoms with Crippen LogP contribution in [0, 0.1) is 0 Å². The first-order chi connectivity index (χ1) is 20.7. The molecule has 8 nitrogen and oxygen atoms in total. The SMILES string of the molecule is COc1ccc([C@@H](C(=O)NC2CCCCC2)N(C(=O)CCCC(=O)Nc2ccccn2)c2cccc(C(F)(F)F)c2)cc1. The second-order valence-electron chi connectivity index (χ2n) is 10.4. The number of hydrogen-bond acceptors (Lipinski definition) is 5. The van der Waals surface area contributed by atoms with E-state index in [1.807, 2.05) is 0 Å². The molecule has 1 aromatic heterocycles. The van der Waals surface area contributed by atoms with Gasteiger partial charge in [0.05, 0.1) is 12.7 Å². The third-order valence-electron chi connectivity index (χ3n) is 7.34. The van der Waals surface area contributed by atoms with Crippen molar-refractivity contribution in [3.05, 3.63) is 84.1 Å². The van der Waals surface area contributed by atoms with E-state index < -0.39 is 29.6 Å². The number of rotatable bonds is 11. The number of carbonyl (C=O) groups is 3. The average molecular weight is 597 g/mol. The summed E-state index contributed by atoms with van der Waals surface area (Å²) in [5, 5.41) is 5.69. The molecule has 1 atom stereocenters. The van der Waals surface area contributed by atoms with E-state index in [-0.39, 0.29) is 36.9 Å². The van der Waals surface area contributed by atoms with Crippen molar-refractivity contribution in [1.82, 2.24) is 10.3 Å². The molecule has 4 rings (SSSR count). The smallest absolute Gasteiger partial charge is 0.416 e. The van der Waals surface area contributed by atoms with Gasteiger partial charge in [-0.25, -0.2) is 4.98 Å². The average Bonchev–Trinajstić information content (AvgIpc) is 3.00. The second-order valence-corrected chi connectivity index (χ2v) is 10.4. The van der Waals surface area contributed by atoms with Crippen molar-refractivity contribution in [1.29, 1.82) is 0 Å². The van der Waals surface area contributed by atoms with Gasteiger partial charge in [0.15, 0.2) is 0 Å². The summed E-state index contributed by atoms with van der Waals surface area (Å²) < 4.78 is 46.4. The molecule has 1 saturated carbocycles. The van der Waals surface area contributed by atoms with Gasteiger partial charge < -0.3 is 15.4 Å². The third kappa shape index (κ3) is 8.79. The zero-order valence-electron chi connectivity index (χ0n) is 23.9. The monoisotopic (exact) mass is 596 g/mol.